The zero-order valence-electron chi connectivity index (χ0n) is 16.9. The normalized spacial score (nSPS) is 10.2. The van der Waals surface area contributed by atoms with Gasteiger partial charge in [0.2, 0.25) is 0 Å². The minimum atomic E-state index is -1.19. The topological polar surface area (TPSA) is 87.2 Å². The molecular weight excluding hydrogens is 441 g/mol. The molecule has 150 valence electrons. The summed E-state index contributed by atoms with van der Waals surface area (Å²) in [6.45, 7) is 1.93. The number of hydrogen-bond donors (Lipinski definition) is 1. The van der Waals surface area contributed by atoms with Crippen LogP contribution in [0.15, 0.2) is 82.0 Å². The number of aromatic carboxylic acids is 1. The minimum absolute atomic E-state index is 0. The van der Waals surface area contributed by atoms with Gasteiger partial charge in [0.1, 0.15) is 5.75 Å². The molecule has 0 unspecified atom stereocenters. The molecule has 2 aromatic carbocycles. The Morgan fingerprint density at radius 3 is 2.48 bits per heavy atom. The fourth-order valence-corrected chi connectivity index (χ4v) is 4.08. The van der Waals surface area contributed by atoms with Gasteiger partial charge in [0.25, 0.3) is 0 Å². The maximum Gasteiger partial charge on any atom is 1.00 e. The van der Waals surface area contributed by atoms with Crippen LogP contribution < -0.4 is 44.7 Å². The van der Waals surface area contributed by atoms with E-state index in [2.05, 4.69) is 15.3 Å². The molecule has 9 heteroatoms. The number of para-hydroxylation sites is 1. The summed E-state index contributed by atoms with van der Waals surface area (Å²) >= 11 is 2.95. The number of nitrogens with zero attached hydrogens (tertiary/aromatic N) is 2. The molecule has 2 heterocycles. The van der Waals surface area contributed by atoms with Crippen molar-refractivity contribution in [1.29, 1.82) is 0 Å². The Kier molecular flexibility index (Phi) is 8.11. The van der Waals surface area contributed by atoms with Crippen molar-refractivity contribution < 1.29 is 44.2 Å². The second-order valence-corrected chi connectivity index (χ2v) is 8.27. The average Bonchev–Trinajstić information content (AvgIpc) is 3.16. The number of ether oxygens (including phenoxy) is 1. The predicted octanol–water partition coefficient (Wildman–Crippen LogP) is 1.90. The van der Waals surface area contributed by atoms with Crippen LogP contribution in [0.5, 0.6) is 11.5 Å². The van der Waals surface area contributed by atoms with Crippen molar-refractivity contribution in [2.75, 3.05) is 5.32 Å². The van der Waals surface area contributed by atoms with Gasteiger partial charge >= 0.3 is 29.6 Å². The molecule has 1 N–H and O–H groups in total. The molecule has 4 aromatic rings. The Labute approximate surface area is 210 Å². The van der Waals surface area contributed by atoms with Gasteiger partial charge in [-0.1, -0.05) is 42.1 Å². The van der Waals surface area contributed by atoms with Crippen LogP contribution in [-0.4, -0.2) is 15.9 Å². The first-order valence-electron chi connectivity index (χ1n) is 8.98. The molecule has 0 bridgehead atoms. The molecule has 6 nitrogen and oxygen atoms in total. The number of carboxylic acids is 1. The van der Waals surface area contributed by atoms with Crippen LogP contribution in [0.4, 0.5) is 10.9 Å². The van der Waals surface area contributed by atoms with Crippen LogP contribution in [-0.2, 0) is 0 Å². The van der Waals surface area contributed by atoms with Crippen molar-refractivity contribution in [1.82, 2.24) is 9.97 Å². The van der Waals surface area contributed by atoms with Crippen LogP contribution in [0, 0.1) is 6.92 Å². The Morgan fingerprint density at radius 1 is 1.10 bits per heavy atom. The number of carboxylic acid groups (broad SMARTS) is 1. The number of aryl methyl sites for hydroxylation is 1. The van der Waals surface area contributed by atoms with Gasteiger partial charge in [-0.25, -0.2) is 9.97 Å². The number of aromatic nitrogens is 2. The summed E-state index contributed by atoms with van der Waals surface area (Å²) in [6.07, 6.45) is 1.73. The molecule has 2 aromatic heterocycles. The monoisotopic (exact) mass is 457 g/mol. The van der Waals surface area contributed by atoms with Crippen molar-refractivity contribution in [3.05, 3.63) is 83.5 Å². The zero-order valence-corrected chi connectivity index (χ0v) is 20.5. The Balaban J connectivity index is 0.00000272. The van der Waals surface area contributed by atoms with Crippen LogP contribution in [0.3, 0.4) is 0 Å². The third-order valence-electron chi connectivity index (χ3n) is 3.97. The number of anilines is 2. The van der Waals surface area contributed by atoms with Crippen LogP contribution in [0.1, 0.15) is 16.1 Å². The van der Waals surface area contributed by atoms with E-state index in [1.54, 1.807) is 18.3 Å². The standard InChI is InChI=1S/C22H17N3O3S2.Na/c1-14-13-29-22(24-14)25-20-19(28-16-5-3-2-4-6-16)11-18(12-23-20)30-17-9-7-15(8-10-17)21(26)27;/h2-13H,1H3,(H,26,27)(H,23,24,25);/q;+1/p-1. The number of pyridine rings is 1. The van der Waals surface area contributed by atoms with Gasteiger partial charge in [-0.2, -0.15) is 0 Å². The van der Waals surface area contributed by atoms with Crippen LogP contribution >= 0.6 is 23.1 Å². The quantitative estimate of drug-likeness (QED) is 0.424. The van der Waals surface area contributed by atoms with E-state index in [1.807, 2.05) is 48.7 Å². The number of benzene rings is 2. The van der Waals surface area contributed by atoms with Gasteiger partial charge in [0.15, 0.2) is 16.7 Å². The molecule has 0 aliphatic rings. The SMILES string of the molecule is Cc1csc(Nc2ncc(Sc3ccc(C(=O)[O-])cc3)cc2Oc2ccccc2)n1.[Na+]. The third kappa shape index (κ3) is 6.32. The van der Waals surface area contributed by atoms with Crippen molar-refractivity contribution in [2.45, 2.75) is 16.7 Å². The van der Waals surface area contributed by atoms with E-state index in [-0.39, 0.29) is 35.1 Å². The summed E-state index contributed by atoms with van der Waals surface area (Å²) in [6, 6.07) is 17.9. The molecule has 0 amide bonds. The molecule has 0 radical (unpaired) electrons. The molecule has 0 spiro atoms. The number of thiazole rings is 1. The first-order valence-corrected chi connectivity index (χ1v) is 10.7. The van der Waals surface area contributed by atoms with Crippen molar-refractivity contribution in [3.63, 3.8) is 0 Å². The molecule has 0 aliphatic carbocycles. The molecule has 0 saturated heterocycles. The summed E-state index contributed by atoms with van der Waals surface area (Å²) in [5, 5.41) is 16.8. The van der Waals surface area contributed by atoms with E-state index in [0.717, 1.165) is 20.6 Å². The molecule has 0 saturated carbocycles. The maximum atomic E-state index is 10.9. The summed E-state index contributed by atoms with van der Waals surface area (Å²) in [5.74, 6) is 0.619. The fraction of sp³-hybridized carbons (Fsp3) is 0.0455. The maximum absolute atomic E-state index is 10.9. The Morgan fingerprint density at radius 2 is 1.84 bits per heavy atom. The summed E-state index contributed by atoms with van der Waals surface area (Å²) in [5.41, 5.74) is 1.07. The fourth-order valence-electron chi connectivity index (χ4n) is 2.58. The van der Waals surface area contributed by atoms with Gasteiger partial charge in [0.05, 0.1) is 11.7 Å². The van der Waals surface area contributed by atoms with E-state index in [1.165, 1.54) is 35.2 Å². The van der Waals surface area contributed by atoms with Gasteiger partial charge < -0.3 is 20.0 Å². The van der Waals surface area contributed by atoms with Crippen LogP contribution in [0.2, 0.25) is 0 Å². The largest absolute Gasteiger partial charge is 1.00 e. The molecule has 0 aliphatic heterocycles. The van der Waals surface area contributed by atoms with Crippen molar-refractivity contribution in [2.24, 2.45) is 0 Å². The molecule has 4 rings (SSSR count). The van der Waals surface area contributed by atoms with E-state index in [0.29, 0.717) is 17.3 Å². The number of carbonyl (C=O) groups excluding carboxylic acids is 1. The number of hydrogen-bond acceptors (Lipinski definition) is 8. The second kappa shape index (κ2) is 10.8. The van der Waals surface area contributed by atoms with Gasteiger partial charge in [-0.15, -0.1) is 11.3 Å². The first kappa shape index (κ1) is 23.3. The Hall–Kier alpha value is -2.36. The Bertz CT molecular complexity index is 1170. The van der Waals surface area contributed by atoms with E-state index < -0.39 is 5.97 Å². The smallest absolute Gasteiger partial charge is 0.545 e. The van der Waals surface area contributed by atoms with Crippen molar-refractivity contribution in [3.8, 4) is 11.5 Å². The summed E-state index contributed by atoms with van der Waals surface area (Å²) in [4.78, 5) is 21.6. The number of nitrogens with one attached hydrogen (secondary N) is 1. The second-order valence-electron chi connectivity index (χ2n) is 6.27. The van der Waals surface area contributed by atoms with Crippen molar-refractivity contribution >= 4 is 40.0 Å². The van der Waals surface area contributed by atoms with Crippen LogP contribution in [0.25, 0.3) is 0 Å². The van der Waals surface area contributed by atoms with E-state index >= 15 is 0 Å². The van der Waals surface area contributed by atoms with E-state index in [4.69, 9.17) is 4.74 Å². The summed E-state index contributed by atoms with van der Waals surface area (Å²) in [7, 11) is 0. The molecular formula is C22H16N3NaO3S2. The zero-order chi connectivity index (χ0) is 20.9. The van der Waals surface area contributed by atoms with E-state index in [9.17, 15) is 9.90 Å². The molecule has 0 atom stereocenters. The molecule has 0 fully saturated rings. The van der Waals surface area contributed by atoms with Gasteiger partial charge in [-0.3, -0.25) is 0 Å². The molecule has 31 heavy (non-hydrogen) atoms. The number of carbonyl (C=O) groups is 1. The number of rotatable bonds is 7. The first-order chi connectivity index (χ1) is 14.6. The minimum Gasteiger partial charge on any atom is -0.545 e. The third-order valence-corrected chi connectivity index (χ3v) is 5.81. The van der Waals surface area contributed by atoms with Gasteiger partial charge in [-0.05, 0) is 36.8 Å². The predicted molar refractivity (Wildman–Crippen MR) is 116 cm³/mol. The average molecular weight is 458 g/mol. The van der Waals surface area contributed by atoms with Gasteiger partial charge in [0, 0.05) is 27.4 Å². The summed E-state index contributed by atoms with van der Waals surface area (Å²) < 4.78 is 6.07.